The van der Waals surface area contributed by atoms with Gasteiger partial charge >= 0.3 is 0 Å². The SMILES string of the molecule is CC(C)[C@H]1COC(c2c(F)cccc2Br)=N1. The highest BCUT2D eigenvalue weighted by Crippen LogP contribution is 2.25. The number of aliphatic imine (C=N–C) groups is 1. The van der Waals surface area contributed by atoms with Crippen LogP contribution in [0.4, 0.5) is 4.39 Å². The van der Waals surface area contributed by atoms with Crippen molar-refractivity contribution >= 4 is 21.8 Å². The maximum atomic E-state index is 13.6. The van der Waals surface area contributed by atoms with Gasteiger partial charge < -0.3 is 4.74 Å². The fraction of sp³-hybridized carbons (Fsp3) is 0.417. The first-order valence-electron chi connectivity index (χ1n) is 5.24. The van der Waals surface area contributed by atoms with Gasteiger partial charge in [0, 0.05) is 4.47 Å². The first-order chi connectivity index (χ1) is 7.59. The summed E-state index contributed by atoms with van der Waals surface area (Å²) in [6.45, 7) is 4.70. The molecule has 1 heterocycles. The van der Waals surface area contributed by atoms with Gasteiger partial charge in [-0.15, -0.1) is 0 Å². The van der Waals surface area contributed by atoms with Crippen LogP contribution in [0.15, 0.2) is 27.7 Å². The lowest BCUT2D eigenvalue weighted by Crippen LogP contribution is -2.13. The first-order valence-corrected chi connectivity index (χ1v) is 6.04. The van der Waals surface area contributed by atoms with Crippen molar-refractivity contribution in [3.05, 3.63) is 34.1 Å². The highest BCUT2D eigenvalue weighted by atomic mass is 79.9. The van der Waals surface area contributed by atoms with E-state index >= 15 is 0 Å². The Balaban J connectivity index is 2.36. The van der Waals surface area contributed by atoms with E-state index in [9.17, 15) is 4.39 Å². The standard InChI is InChI=1S/C12H13BrFNO/c1-7(2)10-6-16-12(15-10)11-8(13)4-3-5-9(11)14/h3-5,7,10H,6H2,1-2H3/t10-/m1/s1. The van der Waals surface area contributed by atoms with Gasteiger partial charge in [-0.2, -0.15) is 0 Å². The lowest BCUT2D eigenvalue weighted by molar-refractivity contribution is 0.291. The minimum Gasteiger partial charge on any atom is -0.475 e. The van der Waals surface area contributed by atoms with E-state index in [0.29, 0.717) is 28.5 Å². The minimum atomic E-state index is -0.308. The molecular weight excluding hydrogens is 273 g/mol. The molecule has 0 amide bonds. The van der Waals surface area contributed by atoms with Crippen LogP contribution in [0.1, 0.15) is 19.4 Å². The molecule has 0 unspecified atom stereocenters. The van der Waals surface area contributed by atoms with E-state index in [1.54, 1.807) is 12.1 Å². The number of hydrogen-bond donors (Lipinski definition) is 0. The Morgan fingerprint density at radius 3 is 2.81 bits per heavy atom. The summed E-state index contributed by atoms with van der Waals surface area (Å²) in [7, 11) is 0. The van der Waals surface area contributed by atoms with Gasteiger partial charge in [-0.05, 0) is 34.0 Å². The fourth-order valence-corrected chi connectivity index (χ4v) is 2.08. The van der Waals surface area contributed by atoms with Gasteiger partial charge in [-0.25, -0.2) is 9.38 Å². The number of halogens is 2. The molecule has 16 heavy (non-hydrogen) atoms. The van der Waals surface area contributed by atoms with Crippen LogP contribution in [0.25, 0.3) is 0 Å². The molecule has 86 valence electrons. The highest BCUT2D eigenvalue weighted by molar-refractivity contribution is 9.10. The van der Waals surface area contributed by atoms with Crippen LogP contribution in [0, 0.1) is 11.7 Å². The Kier molecular flexibility index (Phi) is 3.28. The Morgan fingerprint density at radius 1 is 1.50 bits per heavy atom. The maximum Gasteiger partial charge on any atom is 0.220 e. The summed E-state index contributed by atoms with van der Waals surface area (Å²) < 4.78 is 19.8. The van der Waals surface area contributed by atoms with E-state index < -0.39 is 0 Å². The van der Waals surface area contributed by atoms with Gasteiger partial charge in [0.25, 0.3) is 0 Å². The molecule has 1 aromatic carbocycles. The summed E-state index contributed by atoms with van der Waals surface area (Å²) in [6.07, 6.45) is 0. The van der Waals surface area contributed by atoms with E-state index in [0.717, 1.165) is 0 Å². The number of ether oxygens (including phenoxy) is 1. The number of hydrogen-bond acceptors (Lipinski definition) is 2. The third-order valence-electron chi connectivity index (χ3n) is 2.62. The lowest BCUT2D eigenvalue weighted by Gasteiger charge is -2.06. The monoisotopic (exact) mass is 285 g/mol. The second kappa shape index (κ2) is 4.53. The summed E-state index contributed by atoms with van der Waals surface area (Å²) >= 11 is 3.31. The summed E-state index contributed by atoms with van der Waals surface area (Å²) in [4.78, 5) is 4.40. The zero-order valence-electron chi connectivity index (χ0n) is 9.21. The van der Waals surface area contributed by atoms with Crippen LogP contribution in [0.2, 0.25) is 0 Å². The van der Waals surface area contributed by atoms with Gasteiger partial charge in [0.05, 0.1) is 11.6 Å². The molecule has 4 heteroatoms. The van der Waals surface area contributed by atoms with Crippen molar-refractivity contribution in [3.8, 4) is 0 Å². The van der Waals surface area contributed by atoms with Gasteiger partial charge in [0.15, 0.2) is 0 Å². The average Bonchev–Trinajstić information content (AvgIpc) is 2.66. The van der Waals surface area contributed by atoms with Crippen molar-refractivity contribution in [2.75, 3.05) is 6.61 Å². The second-order valence-corrected chi connectivity index (χ2v) is 5.01. The Bertz CT molecular complexity index is 411. The van der Waals surface area contributed by atoms with Gasteiger partial charge in [-0.1, -0.05) is 19.9 Å². The second-order valence-electron chi connectivity index (χ2n) is 4.15. The molecule has 0 fully saturated rings. The zero-order chi connectivity index (χ0) is 11.7. The molecule has 0 saturated carbocycles. The maximum absolute atomic E-state index is 13.6. The van der Waals surface area contributed by atoms with E-state index in [1.165, 1.54) is 6.07 Å². The summed E-state index contributed by atoms with van der Waals surface area (Å²) in [5, 5.41) is 0. The van der Waals surface area contributed by atoms with E-state index in [1.807, 2.05) is 0 Å². The molecule has 2 nitrogen and oxygen atoms in total. The van der Waals surface area contributed by atoms with Crippen molar-refractivity contribution in [3.63, 3.8) is 0 Å². The molecular formula is C12H13BrFNO. The zero-order valence-corrected chi connectivity index (χ0v) is 10.8. The van der Waals surface area contributed by atoms with Crippen molar-refractivity contribution < 1.29 is 9.13 Å². The van der Waals surface area contributed by atoms with Crippen LogP contribution in [0.3, 0.4) is 0 Å². The van der Waals surface area contributed by atoms with Crippen LogP contribution in [0.5, 0.6) is 0 Å². The van der Waals surface area contributed by atoms with Crippen LogP contribution >= 0.6 is 15.9 Å². The third kappa shape index (κ3) is 2.12. The molecule has 1 atom stereocenters. The third-order valence-corrected chi connectivity index (χ3v) is 3.28. The molecule has 1 aliphatic rings. The predicted octanol–water partition coefficient (Wildman–Crippen LogP) is 3.39. The van der Waals surface area contributed by atoms with Gasteiger partial charge in [0.2, 0.25) is 5.90 Å². The molecule has 1 aromatic rings. The van der Waals surface area contributed by atoms with E-state index in [2.05, 4.69) is 34.8 Å². The van der Waals surface area contributed by atoms with Crippen molar-refractivity contribution in [2.45, 2.75) is 19.9 Å². The summed E-state index contributed by atoms with van der Waals surface area (Å²) in [5.74, 6) is 0.504. The van der Waals surface area contributed by atoms with Crippen LogP contribution in [-0.2, 0) is 4.74 Å². The molecule has 0 spiro atoms. The summed E-state index contributed by atoms with van der Waals surface area (Å²) in [6, 6.07) is 4.97. The van der Waals surface area contributed by atoms with E-state index in [4.69, 9.17) is 4.74 Å². The Morgan fingerprint density at radius 2 is 2.25 bits per heavy atom. The minimum absolute atomic E-state index is 0.126. The molecule has 2 rings (SSSR count). The van der Waals surface area contributed by atoms with Gasteiger partial charge in [0.1, 0.15) is 12.4 Å². The Hall–Kier alpha value is -0.900. The lowest BCUT2D eigenvalue weighted by atomic mass is 10.1. The van der Waals surface area contributed by atoms with Gasteiger partial charge in [-0.3, -0.25) is 0 Å². The molecule has 0 bridgehead atoms. The predicted molar refractivity (Wildman–Crippen MR) is 65.2 cm³/mol. The highest BCUT2D eigenvalue weighted by Gasteiger charge is 2.25. The van der Waals surface area contributed by atoms with Crippen molar-refractivity contribution in [2.24, 2.45) is 10.9 Å². The average molecular weight is 286 g/mol. The van der Waals surface area contributed by atoms with Crippen molar-refractivity contribution in [1.82, 2.24) is 0 Å². The molecule has 0 radical (unpaired) electrons. The largest absolute Gasteiger partial charge is 0.475 e. The molecule has 0 aromatic heterocycles. The molecule has 1 aliphatic heterocycles. The smallest absolute Gasteiger partial charge is 0.220 e. The topological polar surface area (TPSA) is 21.6 Å². The van der Waals surface area contributed by atoms with Crippen LogP contribution < -0.4 is 0 Å². The quantitative estimate of drug-likeness (QED) is 0.816. The Labute approximate surface area is 103 Å². The number of benzene rings is 1. The van der Waals surface area contributed by atoms with E-state index in [-0.39, 0.29) is 11.9 Å². The number of rotatable bonds is 2. The first kappa shape index (κ1) is 11.6. The normalized spacial score (nSPS) is 19.8. The summed E-state index contributed by atoms with van der Waals surface area (Å²) in [5.41, 5.74) is 0.422. The number of nitrogens with zero attached hydrogens (tertiary/aromatic N) is 1. The fourth-order valence-electron chi connectivity index (χ4n) is 1.57. The molecule has 0 N–H and O–H groups in total. The molecule has 0 aliphatic carbocycles. The van der Waals surface area contributed by atoms with Crippen LogP contribution in [-0.4, -0.2) is 18.5 Å². The van der Waals surface area contributed by atoms with Crippen molar-refractivity contribution in [1.29, 1.82) is 0 Å². The molecule has 0 saturated heterocycles.